The van der Waals surface area contributed by atoms with E-state index in [0.717, 1.165) is 30.6 Å². The lowest BCUT2D eigenvalue weighted by molar-refractivity contribution is 0.0979. The van der Waals surface area contributed by atoms with Crippen molar-refractivity contribution >= 4 is 5.78 Å². The predicted molar refractivity (Wildman–Crippen MR) is 70.4 cm³/mol. The normalized spacial score (nSPS) is 10.6. The molecule has 93 valence electrons. The van der Waals surface area contributed by atoms with Gasteiger partial charge in [-0.1, -0.05) is 19.8 Å². The first-order chi connectivity index (χ1) is 8.13. The highest BCUT2D eigenvalue weighted by Crippen LogP contribution is 2.15. The predicted octanol–water partition coefficient (Wildman–Crippen LogP) is 4.05. The summed E-state index contributed by atoms with van der Waals surface area (Å²) in [6.45, 7) is 7.73. The van der Waals surface area contributed by atoms with Crippen LogP contribution in [0.2, 0.25) is 0 Å². The summed E-state index contributed by atoms with van der Waals surface area (Å²) in [5, 5.41) is 0. The molecule has 17 heavy (non-hydrogen) atoms. The zero-order chi connectivity index (χ0) is 12.7. The number of ketones is 1. The molecule has 0 saturated carbocycles. The molecule has 2 nitrogen and oxygen atoms in total. The molecular weight excluding hydrogens is 212 g/mol. The number of carbonyl (C=O) groups excluding carboxylic acids is 1. The first-order valence-electron chi connectivity index (χ1n) is 6.22. The highest BCUT2D eigenvalue weighted by atomic mass is 16.5. The van der Waals surface area contributed by atoms with Crippen molar-refractivity contribution in [2.24, 2.45) is 0 Å². The molecule has 0 fully saturated rings. The second kappa shape index (κ2) is 7.10. The average Bonchev–Trinajstić information content (AvgIpc) is 2.29. The standard InChI is InChI=1S/C15H21O2/c1-4-5-6-7-15(16)13-8-10-14(11-9-13)17-12(2)3/h8-12H,1,4-7H2,2-3H3. The minimum Gasteiger partial charge on any atom is -0.491 e. The Balaban J connectivity index is 2.52. The van der Waals surface area contributed by atoms with Gasteiger partial charge >= 0.3 is 0 Å². The quantitative estimate of drug-likeness (QED) is 0.524. The first kappa shape index (κ1) is 13.8. The Bertz CT molecular complexity index is 338. The molecular formula is C15H21O2. The van der Waals surface area contributed by atoms with E-state index >= 15 is 0 Å². The second-order valence-corrected chi connectivity index (χ2v) is 4.42. The summed E-state index contributed by atoms with van der Waals surface area (Å²) in [6.07, 6.45) is 3.61. The van der Waals surface area contributed by atoms with Gasteiger partial charge in [-0.15, -0.1) is 0 Å². The maximum Gasteiger partial charge on any atom is 0.162 e. The third kappa shape index (κ3) is 5.03. The van der Waals surface area contributed by atoms with Gasteiger partial charge in [0.15, 0.2) is 5.78 Å². The molecule has 0 N–H and O–H groups in total. The van der Waals surface area contributed by atoms with Gasteiger partial charge in [0, 0.05) is 12.0 Å². The van der Waals surface area contributed by atoms with Crippen LogP contribution in [0.4, 0.5) is 0 Å². The topological polar surface area (TPSA) is 26.3 Å². The van der Waals surface area contributed by atoms with Crippen molar-refractivity contribution in [1.29, 1.82) is 0 Å². The fraction of sp³-hybridized carbons (Fsp3) is 0.467. The lowest BCUT2D eigenvalue weighted by Crippen LogP contribution is -2.06. The summed E-state index contributed by atoms with van der Waals surface area (Å²) in [7, 11) is 0. The van der Waals surface area contributed by atoms with Crippen LogP contribution in [0.3, 0.4) is 0 Å². The number of unbranched alkanes of at least 4 members (excludes halogenated alkanes) is 2. The zero-order valence-electron chi connectivity index (χ0n) is 10.7. The maximum atomic E-state index is 11.8. The smallest absolute Gasteiger partial charge is 0.162 e. The Morgan fingerprint density at radius 1 is 1.24 bits per heavy atom. The number of Topliss-reactive ketones (excluding diaryl/α,β-unsaturated/α-hetero) is 1. The lowest BCUT2D eigenvalue weighted by Gasteiger charge is -2.09. The van der Waals surface area contributed by atoms with Crippen molar-refractivity contribution < 1.29 is 9.53 Å². The van der Waals surface area contributed by atoms with E-state index in [-0.39, 0.29) is 11.9 Å². The van der Waals surface area contributed by atoms with Crippen molar-refractivity contribution in [2.45, 2.75) is 45.6 Å². The lowest BCUT2D eigenvalue weighted by atomic mass is 10.0. The van der Waals surface area contributed by atoms with E-state index < -0.39 is 0 Å². The SMILES string of the molecule is [CH2]CCCCC(=O)c1ccc(OC(C)C)cc1. The molecule has 0 unspecified atom stereocenters. The Morgan fingerprint density at radius 3 is 2.41 bits per heavy atom. The number of benzene rings is 1. The molecule has 0 aliphatic heterocycles. The molecule has 0 aliphatic carbocycles. The van der Waals surface area contributed by atoms with Crippen LogP contribution in [0, 0.1) is 6.92 Å². The third-order valence-corrected chi connectivity index (χ3v) is 2.45. The molecule has 1 aromatic carbocycles. The molecule has 0 atom stereocenters. The summed E-state index contributed by atoms with van der Waals surface area (Å²) in [4.78, 5) is 11.8. The van der Waals surface area contributed by atoms with E-state index in [4.69, 9.17) is 4.74 Å². The van der Waals surface area contributed by atoms with Crippen molar-refractivity contribution in [3.8, 4) is 5.75 Å². The third-order valence-electron chi connectivity index (χ3n) is 2.45. The Morgan fingerprint density at radius 2 is 1.88 bits per heavy atom. The maximum absolute atomic E-state index is 11.8. The van der Waals surface area contributed by atoms with E-state index in [0.29, 0.717) is 6.42 Å². The van der Waals surface area contributed by atoms with Crippen LogP contribution in [0.15, 0.2) is 24.3 Å². The number of hydrogen-bond donors (Lipinski definition) is 0. The molecule has 0 amide bonds. The molecule has 0 saturated heterocycles. The van der Waals surface area contributed by atoms with E-state index in [2.05, 4.69) is 6.92 Å². The van der Waals surface area contributed by atoms with E-state index in [1.165, 1.54) is 0 Å². The largest absolute Gasteiger partial charge is 0.491 e. The van der Waals surface area contributed by atoms with Crippen LogP contribution in [0.1, 0.15) is 49.9 Å². The van der Waals surface area contributed by atoms with Gasteiger partial charge in [-0.05, 0) is 44.5 Å². The molecule has 1 aromatic rings. The summed E-state index contributed by atoms with van der Waals surface area (Å²) in [5.41, 5.74) is 0.769. The van der Waals surface area contributed by atoms with Crippen LogP contribution in [0.25, 0.3) is 0 Å². The van der Waals surface area contributed by atoms with Gasteiger partial charge in [-0.3, -0.25) is 4.79 Å². The van der Waals surface area contributed by atoms with Crippen molar-refractivity contribution in [3.63, 3.8) is 0 Å². The monoisotopic (exact) mass is 233 g/mol. The number of hydrogen-bond acceptors (Lipinski definition) is 2. The zero-order valence-corrected chi connectivity index (χ0v) is 10.7. The Kier molecular flexibility index (Phi) is 5.75. The highest BCUT2D eigenvalue weighted by molar-refractivity contribution is 5.96. The van der Waals surface area contributed by atoms with Crippen molar-refractivity contribution in [1.82, 2.24) is 0 Å². The summed E-state index contributed by atoms with van der Waals surface area (Å²) in [5.74, 6) is 1.02. The first-order valence-corrected chi connectivity index (χ1v) is 6.22. The van der Waals surface area contributed by atoms with E-state index in [9.17, 15) is 4.79 Å². The van der Waals surface area contributed by atoms with Crippen LogP contribution >= 0.6 is 0 Å². The molecule has 0 heterocycles. The van der Waals surface area contributed by atoms with E-state index in [1.54, 1.807) is 0 Å². The summed E-state index contributed by atoms with van der Waals surface area (Å²) < 4.78 is 5.53. The molecule has 0 spiro atoms. The van der Waals surface area contributed by atoms with Crippen LogP contribution in [0.5, 0.6) is 5.75 Å². The molecule has 0 aliphatic rings. The molecule has 0 aromatic heterocycles. The summed E-state index contributed by atoms with van der Waals surface area (Å²) in [6, 6.07) is 7.39. The van der Waals surface area contributed by atoms with Crippen LogP contribution < -0.4 is 4.74 Å². The Labute approximate surface area is 104 Å². The number of ether oxygens (including phenoxy) is 1. The second-order valence-electron chi connectivity index (χ2n) is 4.42. The van der Waals surface area contributed by atoms with E-state index in [1.807, 2.05) is 38.1 Å². The highest BCUT2D eigenvalue weighted by Gasteiger charge is 2.05. The fourth-order valence-corrected chi connectivity index (χ4v) is 1.60. The van der Waals surface area contributed by atoms with Crippen molar-refractivity contribution in [2.75, 3.05) is 0 Å². The van der Waals surface area contributed by atoms with Crippen LogP contribution in [-0.4, -0.2) is 11.9 Å². The van der Waals surface area contributed by atoms with Gasteiger partial charge in [0.05, 0.1) is 6.10 Å². The molecule has 1 rings (SSSR count). The molecule has 2 heteroatoms. The average molecular weight is 233 g/mol. The minimum absolute atomic E-state index is 0.161. The van der Waals surface area contributed by atoms with Crippen LogP contribution in [-0.2, 0) is 0 Å². The van der Waals surface area contributed by atoms with Crippen molar-refractivity contribution in [3.05, 3.63) is 36.8 Å². The number of rotatable bonds is 7. The van der Waals surface area contributed by atoms with Gasteiger partial charge in [-0.25, -0.2) is 0 Å². The molecule has 1 radical (unpaired) electrons. The number of carbonyl (C=O) groups is 1. The van der Waals surface area contributed by atoms with Gasteiger partial charge < -0.3 is 4.74 Å². The fourth-order valence-electron chi connectivity index (χ4n) is 1.60. The van der Waals surface area contributed by atoms with Gasteiger partial charge in [0.1, 0.15) is 5.75 Å². The Hall–Kier alpha value is -1.31. The van der Waals surface area contributed by atoms with Gasteiger partial charge in [-0.2, -0.15) is 0 Å². The summed E-state index contributed by atoms with van der Waals surface area (Å²) >= 11 is 0. The molecule has 0 bridgehead atoms. The van der Waals surface area contributed by atoms with Gasteiger partial charge in [0.2, 0.25) is 0 Å². The minimum atomic E-state index is 0.161. The van der Waals surface area contributed by atoms with Gasteiger partial charge in [0.25, 0.3) is 0 Å².